The molecule has 0 bridgehead atoms. The molecule has 1 aromatic carbocycles. The van der Waals surface area contributed by atoms with E-state index in [9.17, 15) is 4.39 Å². The molecule has 0 aliphatic heterocycles. The Kier molecular flexibility index (Phi) is 3.31. The molecule has 0 unspecified atom stereocenters. The molecule has 3 nitrogen and oxygen atoms in total. The van der Waals surface area contributed by atoms with Crippen molar-refractivity contribution in [3.8, 4) is 11.3 Å². The topological polar surface area (TPSA) is 29.9 Å². The Balaban J connectivity index is 2.29. The zero-order valence-corrected chi connectivity index (χ0v) is 9.15. The lowest BCUT2D eigenvalue weighted by atomic mass is 10.1. The van der Waals surface area contributed by atoms with Crippen LogP contribution in [0.1, 0.15) is 0 Å². The highest BCUT2D eigenvalue weighted by Gasteiger charge is 2.05. The minimum Gasteiger partial charge on any atom is -0.329 e. The van der Waals surface area contributed by atoms with Gasteiger partial charge in [0.1, 0.15) is 5.82 Å². The maximum Gasteiger partial charge on any atom is 0.123 e. The van der Waals surface area contributed by atoms with Crippen LogP contribution in [-0.2, 0) is 6.54 Å². The molecule has 0 saturated heterocycles. The zero-order valence-electron chi connectivity index (χ0n) is 9.15. The summed E-state index contributed by atoms with van der Waals surface area (Å²) in [6, 6.07) is 6.56. The van der Waals surface area contributed by atoms with E-state index in [1.165, 1.54) is 12.1 Å². The zero-order chi connectivity index (χ0) is 11.4. The number of nitrogens with zero attached hydrogens (tertiary/aromatic N) is 2. The lowest BCUT2D eigenvalue weighted by molar-refractivity contribution is 0.626. The van der Waals surface area contributed by atoms with Crippen LogP contribution in [0.15, 0.2) is 36.8 Å². The quantitative estimate of drug-likeness (QED) is 0.851. The second-order valence-electron chi connectivity index (χ2n) is 3.59. The first kappa shape index (κ1) is 10.8. The van der Waals surface area contributed by atoms with Gasteiger partial charge in [0.05, 0.1) is 18.2 Å². The summed E-state index contributed by atoms with van der Waals surface area (Å²) in [4.78, 5) is 4.09. The molecule has 0 aliphatic carbocycles. The van der Waals surface area contributed by atoms with Crippen molar-refractivity contribution in [3.63, 3.8) is 0 Å². The summed E-state index contributed by atoms with van der Waals surface area (Å²) in [6.07, 6.45) is 3.52. The highest BCUT2D eigenvalue weighted by molar-refractivity contribution is 5.58. The minimum atomic E-state index is -0.223. The first-order valence-electron chi connectivity index (χ1n) is 5.22. The summed E-state index contributed by atoms with van der Waals surface area (Å²) >= 11 is 0. The molecule has 4 heteroatoms. The third kappa shape index (κ3) is 2.28. The highest BCUT2D eigenvalue weighted by atomic mass is 19.1. The second kappa shape index (κ2) is 4.90. The van der Waals surface area contributed by atoms with Gasteiger partial charge in [0.15, 0.2) is 0 Å². The van der Waals surface area contributed by atoms with Gasteiger partial charge in [-0.15, -0.1) is 0 Å². The Bertz CT molecular complexity index is 465. The summed E-state index contributed by atoms with van der Waals surface area (Å²) in [6.45, 7) is 1.68. The SMILES string of the molecule is CNCCn1cncc1-c1cccc(F)c1. The Hall–Kier alpha value is -1.68. The maximum atomic E-state index is 13.1. The number of hydrogen-bond acceptors (Lipinski definition) is 2. The van der Waals surface area contributed by atoms with Crippen molar-refractivity contribution >= 4 is 0 Å². The van der Waals surface area contributed by atoms with Crippen LogP contribution in [-0.4, -0.2) is 23.1 Å². The summed E-state index contributed by atoms with van der Waals surface area (Å²) in [5.41, 5.74) is 1.79. The van der Waals surface area contributed by atoms with E-state index >= 15 is 0 Å². The van der Waals surface area contributed by atoms with Gasteiger partial charge in [0.25, 0.3) is 0 Å². The van der Waals surface area contributed by atoms with Crippen LogP contribution in [0.3, 0.4) is 0 Å². The molecule has 0 fully saturated rings. The number of nitrogens with one attached hydrogen (secondary N) is 1. The van der Waals surface area contributed by atoms with Gasteiger partial charge in [-0.1, -0.05) is 12.1 Å². The van der Waals surface area contributed by atoms with Gasteiger partial charge >= 0.3 is 0 Å². The summed E-state index contributed by atoms with van der Waals surface area (Å²) in [5, 5.41) is 3.07. The van der Waals surface area contributed by atoms with Gasteiger partial charge in [-0.05, 0) is 19.2 Å². The third-order valence-corrected chi connectivity index (χ3v) is 2.44. The van der Waals surface area contributed by atoms with E-state index in [0.29, 0.717) is 0 Å². The van der Waals surface area contributed by atoms with Crippen LogP contribution in [0, 0.1) is 5.82 Å². The fourth-order valence-corrected chi connectivity index (χ4v) is 1.62. The predicted molar refractivity (Wildman–Crippen MR) is 61.5 cm³/mol. The van der Waals surface area contributed by atoms with Crippen molar-refractivity contribution in [2.75, 3.05) is 13.6 Å². The van der Waals surface area contributed by atoms with Crippen LogP contribution < -0.4 is 5.32 Å². The number of benzene rings is 1. The van der Waals surface area contributed by atoms with Crippen molar-refractivity contribution in [1.82, 2.24) is 14.9 Å². The molecule has 2 aromatic rings. The Morgan fingerprint density at radius 1 is 1.44 bits per heavy atom. The molecule has 0 saturated carbocycles. The smallest absolute Gasteiger partial charge is 0.123 e. The van der Waals surface area contributed by atoms with Crippen LogP contribution in [0.25, 0.3) is 11.3 Å². The second-order valence-corrected chi connectivity index (χ2v) is 3.59. The van der Waals surface area contributed by atoms with Gasteiger partial charge in [0.2, 0.25) is 0 Å². The minimum absolute atomic E-state index is 0.223. The third-order valence-electron chi connectivity index (χ3n) is 2.44. The highest BCUT2D eigenvalue weighted by Crippen LogP contribution is 2.19. The van der Waals surface area contributed by atoms with Gasteiger partial charge in [-0.25, -0.2) is 9.37 Å². The number of hydrogen-bond donors (Lipinski definition) is 1. The van der Waals surface area contributed by atoms with Gasteiger partial charge in [0, 0.05) is 18.7 Å². The van der Waals surface area contributed by atoms with Crippen LogP contribution >= 0.6 is 0 Å². The van der Waals surface area contributed by atoms with E-state index in [-0.39, 0.29) is 5.82 Å². The van der Waals surface area contributed by atoms with Crippen molar-refractivity contribution in [2.24, 2.45) is 0 Å². The molecule has 0 atom stereocenters. The van der Waals surface area contributed by atoms with Gasteiger partial charge in [-0.3, -0.25) is 0 Å². The van der Waals surface area contributed by atoms with Gasteiger partial charge in [-0.2, -0.15) is 0 Å². The molecule has 2 rings (SSSR count). The molecule has 16 heavy (non-hydrogen) atoms. The fourth-order valence-electron chi connectivity index (χ4n) is 1.62. The Morgan fingerprint density at radius 3 is 3.06 bits per heavy atom. The molecule has 0 spiro atoms. The summed E-state index contributed by atoms with van der Waals surface area (Å²) < 4.78 is 15.1. The molecule has 0 aliphatic rings. The molecule has 0 radical (unpaired) electrons. The molecule has 0 amide bonds. The molecular weight excluding hydrogens is 205 g/mol. The normalized spacial score (nSPS) is 10.6. The van der Waals surface area contributed by atoms with Crippen molar-refractivity contribution in [1.29, 1.82) is 0 Å². The monoisotopic (exact) mass is 219 g/mol. The number of rotatable bonds is 4. The van der Waals surface area contributed by atoms with Gasteiger partial charge < -0.3 is 9.88 Å². The van der Waals surface area contributed by atoms with Crippen LogP contribution in [0.2, 0.25) is 0 Å². The van der Waals surface area contributed by atoms with Crippen LogP contribution in [0.4, 0.5) is 4.39 Å². The largest absolute Gasteiger partial charge is 0.329 e. The Labute approximate surface area is 93.9 Å². The lowest BCUT2D eigenvalue weighted by Crippen LogP contribution is -2.14. The van der Waals surface area contributed by atoms with E-state index in [2.05, 4.69) is 10.3 Å². The van der Waals surface area contributed by atoms with Crippen molar-refractivity contribution < 1.29 is 4.39 Å². The van der Waals surface area contributed by atoms with E-state index in [0.717, 1.165) is 24.3 Å². The first-order chi connectivity index (χ1) is 7.81. The van der Waals surface area contributed by atoms with E-state index in [4.69, 9.17) is 0 Å². The molecular formula is C12H14FN3. The molecule has 1 heterocycles. The summed E-state index contributed by atoms with van der Waals surface area (Å²) in [5.74, 6) is -0.223. The van der Waals surface area contributed by atoms with E-state index < -0.39 is 0 Å². The van der Waals surface area contributed by atoms with Crippen LogP contribution in [0.5, 0.6) is 0 Å². The Morgan fingerprint density at radius 2 is 2.31 bits per heavy atom. The molecule has 1 aromatic heterocycles. The standard InChI is InChI=1S/C12H14FN3/c1-14-5-6-16-9-15-8-12(16)10-3-2-4-11(13)7-10/h2-4,7-9,14H,5-6H2,1H3. The number of halogens is 1. The average Bonchev–Trinajstić information content (AvgIpc) is 2.74. The van der Waals surface area contributed by atoms with Crippen molar-refractivity contribution in [3.05, 3.63) is 42.6 Å². The first-order valence-corrected chi connectivity index (χ1v) is 5.22. The average molecular weight is 219 g/mol. The van der Waals surface area contributed by atoms with Crippen molar-refractivity contribution in [2.45, 2.75) is 6.54 Å². The van der Waals surface area contributed by atoms with E-state index in [1.807, 2.05) is 17.7 Å². The number of likely N-dealkylation sites (N-methyl/N-ethyl adjacent to an activating group) is 1. The number of imidazole rings is 1. The predicted octanol–water partition coefficient (Wildman–Crippen LogP) is 1.91. The number of aromatic nitrogens is 2. The maximum absolute atomic E-state index is 13.1. The molecule has 1 N–H and O–H groups in total. The lowest BCUT2D eigenvalue weighted by Gasteiger charge is -2.07. The van der Waals surface area contributed by atoms with E-state index in [1.54, 1.807) is 18.6 Å². The summed E-state index contributed by atoms with van der Waals surface area (Å²) in [7, 11) is 1.90. The molecule has 84 valence electrons. The fraction of sp³-hybridized carbons (Fsp3) is 0.250.